The summed E-state index contributed by atoms with van der Waals surface area (Å²) in [6.45, 7) is 0. The maximum atomic E-state index is 11.6. The van der Waals surface area contributed by atoms with Crippen LogP contribution in [0.5, 0.6) is 0 Å². The molecular formula is C11H10ClN3OS. The Balaban J connectivity index is 2.41. The zero-order chi connectivity index (χ0) is 12.4. The van der Waals surface area contributed by atoms with Crippen LogP contribution in [0.1, 0.15) is 0 Å². The van der Waals surface area contributed by atoms with E-state index in [9.17, 15) is 4.79 Å². The molecule has 0 atom stereocenters. The quantitative estimate of drug-likeness (QED) is 0.847. The molecule has 0 aliphatic heterocycles. The second-order valence-electron chi connectivity index (χ2n) is 3.39. The van der Waals surface area contributed by atoms with Crippen LogP contribution in [-0.2, 0) is 7.05 Å². The van der Waals surface area contributed by atoms with Crippen LogP contribution in [0.2, 0.25) is 5.02 Å². The largest absolute Gasteiger partial charge is 0.398 e. The van der Waals surface area contributed by atoms with Gasteiger partial charge in [-0.25, -0.2) is 4.68 Å². The molecule has 0 aliphatic rings. The molecule has 2 aromatic rings. The van der Waals surface area contributed by atoms with Crippen LogP contribution < -0.4 is 11.3 Å². The summed E-state index contributed by atoms with van der Waals surface area (Å²) in [5.41, 5.74) is 6.15. The van der Waals surface area contributed by atoms with Crippen LogP contribution in [0, 0.1) is 0 Å². The van der Waals surface area contributed by atoms with Crippen LogP contribution in [0.15, 0.2) is 45.0 Å². The first-order valence-corrected chi connectivity index (χ1v) is 6.03. The molecule has 0 radical (unpaired) electrons. The summed E-state index contributed by atoms with van der Waals surface area (Å²) < 4.78 is 1.20. The van der Waals surface area contributed by atoms with E-state index in [-0.39, 0.29) is 10.6 Å². The first-order chi connectivity index (χ1) is 8.09. The number of rotatable bonds is 2. The van der Waals surface area contributed by atoms with Gasteiger partial charge in [0, 0.05) is 17.6 Å². The summed E-state index contributed by atoms with van der Waals surface area (Å²) in [6.07, 6.45) is 1.56. The summed E-state index contributed by atoms with van der Waals surface area (Å²) in [5, 5.41) is 4.09. The normalized spacial score (nSPS) is 10.5. The summed E-state index contributed by atoms with van der Waals surface area (Å²) >= 11 is 7.30. The summed E-state index contributed by atoms with van der Waals surface area (Å²) in [4.78, 5) is 13.0. The molecule has 0 unspecified atom stereocenters. The second-order valence-corrected chi connectivity index (χ2v) is 4.85. The molecule has 88 valence electrons. The van der Waals surface area contributed by atoms with Gasteiger partial charge in [0.25, 0.3) is 5.56 Å². The van der Waals surface area contributed by atoms with Crippen molar-refractivity contribution >= 4 is 29.1 Å². The lowest BCUT2D eigenvalue weighted by Gasteiger charge is -2.06. The molecule has 0 saturated carbocycles. The maximum Gasteiger partial charge on any atom is 0.286 e. The Labute approximate surface area is 107 Å². The first kappa shape index (κ1) is 12.0. The summed E-state index contributed by atoms with van der Waals surface area (Å²) in [7, 11) is 1.56. The van der Waals surface area contributed by atoms with Crippen molar-refractivity contribution in [1.82, 2.24) is 9.78 Å². The minimum atomic E-state index is -0.314. The van der Waals surface area contributed by atoms with Crippen molar-refractivity contribution in [3.63, 3.8) is 0 Å². The number of hydrogen-bond acceptors (Lipinski definition) is 4. The fourth-order valence-electron chi connectivity index (χ4n) is 1.26. The zero-order valence-electron chi connectivity index (χ0n) is 9.05. The number of aryl methyl sites for hydroxylation is 1. The standard InChI is InChI=1S/C11H10ClN3OS/c1-15-11(16)10(12)9(6-14-15)17-8-5-3-2-4-7(8)13/h2-6H,13H2,1H3. The van der Waals surface area contributed by atoms with Crippen molar-refractivity contribution in [2.75, 3.05) is 5.73 Å². The molecule has 0 amide bonds. The molecule has 17 heavy (non-hydrogen) atoms. The van der Waals surface area contributed by atoms with E-state index >= 15 is 0 Å². The molecule has 1 aromatic carbocycles. The molecule has 6 heteroatoms. The van der Waals surface area contributed by atoms with Gasteiger partial charge in [-0.05, 0) is 12.1 Å². The van der Waals surface area contributed by atoms with Crippen LogP contribution >= 0.6 is 23.4 Å². The third-order valence-electron chi connectivity index (χ3n) is 2.19. The number of para-hydroxylation sites is 1. The Morgan fingerprint density at radius 1 is 1.35 bits per heavy atom. The minimum absolute atomic E-state index is 0.163. The van der Waals surface area contributed by atoms with Gasteiger partial charge in [-0.1, -0.05) is 35.5 Å². The average molecular weight is 268 g/mol. The molecular weight excluding hydrogens is 258 g/mol. The van der Waals surface area contributed by atoms with Gasteiger partial charge in [-0.3, -0.25) is 4.79 Å². The second kappa shape index (κ2) is 4.81. The maximum absolute atomic E-state index is 11.6. The SMILES string of the molecule is Cn1ncc(Sc2ccccc2N)c(Cl)c1=O. The predicted molar refractivity (Wildman–Crippen MR) is 69.5 cm³/mol. The molecule has 2 N–H and O–H groups in total. The summed E-state index contributed by atoms with van der Waals surface area (Å²) in [5.74, 6) is 0. The van der Waals surface area contributed by atoms with Crippen molar-refractivity contribution in [3.05, 3.63) is 45.8 Å². The van der Waals surface area contributed by atoms with Crippen molar-refractivity contribution in [1.29, 1.82) is 0 Å². The Hall–Kier alpha value is -1.46. The van der Waals surface area contributed by atoms with E-state index in [4.69, 9.17) is 17.3 Å². The Morgan fingerprint density at radius 3 is 2.76 bits per heavy atom. The molecule has 0 saturated heterocycles. The minimum Gasteiger partial charge on any atom is -0.398 e. The van der Waals surface area contributed by atoms with Gasteiger partial charge in [0.1, 0.15) is 5.02 Å². The molecule has 0 aliphatic carbocycles. The van der Waals surface area contributed by atoms with Crippen LogP contribution in [0.4, 0.5) is 5.69 Å². The van der Waals surface area contributed by atoms with E-state index in [0.29, 0.717) is 10.6 Å². The molecule has 2 rings (SSSR count). The number of hydrogen-bond donors (Lipinski definition) is 1. The number of nitrogens with zero attached hydrogens (tertiary/aromatic N) is 2. The number of nitrogen functional groups attached to an aromatic ring is 1. The number of anilines is 1. The number of halogens is 1. The fourth-order valence-corrected chi connectivity index (χ4v) is 2.39. The molecule has 0 fully saturated rings. The van der Waals surface area contributed by atoms with Crippen molar-refractivity contribution < 1.29 is 0 Å². The third kappa shape index (κ3) is 2.45. The lowest BCUT2D eigenvalue weighted by Crippen LogP contribution is -2.19. The molecule has 1 heterocycles. The van der Waals surface area contributed by atoms with Gasteiger partial charge in [-0.2, -0.15) is 5.10 Å². The smallest absolute Gasteiger partial charge is 0.286 e. The predicted octanol–water partition coefficient (Wildman–Crippen LogP) is 2.17. The van der Waals surface area contributed by atoms with Crippen LogP contribution in [0.25, 0.3) is 0 Å². The number of benzene rings is 1. The molecule has 0 bridgehead atoms. The zero-order valence-corrected chi connectivity index (χ0v) is 10.6. The highest BCUT2D eigenvalue weighted by Crippen LogP contribution is 2.33. The number of nitrogens with two attached hydrogens (primary N) is 1. The van der Waals surface area contributed by atoms with Crippen molar-refractivity contribution in [2.24, 2.45) is 7.05 Å². The van der Waals surface area contributed by atoms with Gasteiger partial charge < -0.3 is 5.73 Å². The molecule has 4 nitrogen and oxygen atoms in total. The lowest BCUT2D eigenvalue weighted by atomic mass is 10.3. The average Bonchev–Trinajstić information content (AvgIpc) is 2.32. The molecule has 1 aromatic heterocycles. The van der Waals surface area contributed by atoms with Crippen molar-refractivity contribution in [2.45, 2.75) is 9.79 Å². The lowest BCUT2D eigenvalue weighted by molar-refractivity contribution is 0.696. The Morgan fingerprint density at radius 2 is 2.06 bits per heavy atom. The highest BCUT2D eigenvalue weighted by Gasteiger charge is 2.10. The van der Waals surface area contributed by atoms with Gasteiger partial charge >= 0.3 is 0 Å². The first-order valence-electron chi connectivity index (χ1n) is 4.84. The van der Waals surface area contributed by atoms with E-state index in [0.717, 1.165) is 4.90 Å². The van der Waals surface area contributed by atoms with Crippen molar-refractivity contribution in [3.8, 4) is 0 Å². The van der Waals surface area contributed by atoms with Crippen LogP contribution in [-0.4, -0.2) is 9.78 Å². The number of aromatic nitrogens is 2. The Bertz CT molecular complexity index is 612. The van der Waals surface area contributed by atoms with Gasteiger partial charge in [-0.15, -0.1) is 0 Å². The van der Waals surface area contributed by atoms with Gasteiger partial charge in [0.05, 0.1) is 11.1 Å². The topological polar surface area (TPSA) is 60.9 Å². The summed E-state index contributed by atoms with van der Waals surface area (Å²) in [6, 6.07) is 7.39. The van der Waals surface area contributed by atoms with E-state index < -0.39 is 0 Å². The van der Waals surface area contributed by atoms with Gasteiger partial charge in [0.15, 0.2) is 0 Å². The van der Waals surface area contributed by atoms with E-state index in [1.54, 1.807) is 19.3 Å². The van der Waals surface area contributed by atoms with Gasteiger partial charge in [0.2, 0.25) is 0 Å². The Kier molecular flexibility index (Phi) is 3.40. The monoisotopic (exact) mass is 267 g/mol. The molecule has 0 spiro atoms. The van der Waals surface area contributed by atoms with E-state index in [1.807, 2.05) is 18.2 Å². The highest BCUT2D eigenvalue weighted by atomic mass is 35.5. The van der Waals surface area contributed by atoms with E-state index in [1.165, 1.54) is 16.4 Å². The van der Waals surface area contributed by atoms with E-state index in [2.05, 4.69) is 5.10 Å². The highest BCUT2D eigenvalue weighted by molar-refractivity contribution is 7.99. The van der Waals surface area contributed by atoms with Crippen LogP contribution in [0.3, 0.4) is 0 Å². The third-order valence-corrected chi connectivity index (χ3v) is 3.78. The fraction of sp³-hybridized carbons (Fsp3) is 0.0909.